The molecule has 0 aliphatic heterocycles. The van der Waals surface area contributed by atoms with E-state index >= 15 is 0 Å². The van der Waals surface area contributed by atoms with E-state index in [-0.39, 0.29) is 11.3 Å². The zero-order valence-corrected chi connectivity index (χ0v) is 15.7. The highest BCUT2D eigenvalue weighted by Gasteiger charge is 2.14. The van der Waals surface area contributed by atoms with Gasteiger partial charge in [-0.1, -0.05) is 28.1 Å². The van der Waals surface area contributed by atoms with Gasteiger partial charge in [-0.15, -0.1) is 0 Å². The lowest BCUT2D eigenvalue weighted by molar-refractivity contribution is -0.142. The maximum atomic E-state index is 13.7. The summed E-state index contributed by atoms with van der Waals surface area (Å²) >= 11 is 3.11. The molecule has 0 aromatic heterocycles. The number of nitriles is 1. The minimum atomic E-state index is -0.959. The number of hydrogen-bond acceptors (Lipinski definition) is 5. The van der Waals surface area contributed by atoms with Gasteiger partial charge in [-0.3, -0.25) is 4.79 Å². The van der Waals surface area contributed by atoms with Crippen LogP contribution in [0.25, 0.3) is 6.08 Å². The topological polar surface area (TPSA) is 88.4 Å². The monoisotopic (exact) mass is 432 g/mol. The third kappa shape index (κ3) is 5.94. The minimum absolute atomic E-state index is 0.0477. The van der Waals surface area contributed by atoms with E-state index in [2.05, 4.69) is 21.2 Å². The van der Waals surface area contributed by atoms with Crippen molar-refractivity contribution in [3.05, 3.63) is 63.9 Å². The van der Waals surface area contributed by atoms with E-state index in [1.165, 1.54) is 25.3 Å². The standard InChI is InChI=1S/C19H14BrFN2O4/c1-26-15-5-2-12(3-6-15)8-13(10-22)19(25)27-11-18(24)23-17-7-4-14(20)9-16(17)21/h2-9H,11H2,1H3,(H,23,24)/b13-8+. The van der Waals surface area contributed by atoms with Crippen LogP contribution >= 0.6 is 15.9 Å². The summed E-state index contributed by atoms with van der Waals surface area (Å²) in [6.45, 7) is -0.657. The highest BCUT2D eigenvalue weighted by Crippen LogP contribution is 2.19. The fourth-order valence-electron chi connectivity index (χ4n) is 1.99. The van der Waals surface area contributed by atoms with Crippen molar-refractivity contribution in [2.24, 2.45) is 0 Å². The van der Waals surface area contributed by atoms with Gasteiger partial charge in [0.1, 0.15) is 23.2 Å². The lowest BCUT2D eigenvalue weighted by atomic mass is 10.1. The van der Waals surface area contributed by atoms with Gasteiger partial charge in [-0.05, 0) is 42.0 Å². The van der Waals surface area contributed by atoms with Crippen LogP contribution < -0.4 is 10.1 Å². The molecule has 0 spiro atoms. The average molecular weight is 433 g/mol. The number of hydrogen-bond donors (Lipinski definition) is 1. The zero-order valence-electron chi connectivity index (χ0n) is 14.2. The molecule has 0 radical (unpaired) electrons. The number of carbonyl (C=O) groups is 2. The average Bonchev–Trinajstić information content (AvgIpc) is 2.67. The summed E-state index contributed by atoms with van der Waals surface area (Å²) in [4.78, 5) is 23.8. The zero-order chi connectivity index (χ0) is 19.8. The van der Waals surface area contributed by atoms with Gasteiger partial charge in [0.2, 0.25) is 0 Å². The van der Waals surface area contributed by atoms with Crippen molar-refractivity contribution in [2.75, 3.05) is 19.0 Å². The van der Waals surface area contributed by atoms with E-state index in [0.29, 0.717) is 15.8 Å². The van der Waals surface area contributed by atoms with Crippen molar-refractivity contribution in [3.63, 3.8) is 0 Å². The quantitative estimate of drug-likeness (QED) is 0.427. The Morgan fingerprint density at radius 2 is 1.96 bits per heavy atom. The van der Waals surface area contributed by atoms with E-state index in [9.17, 15) is 14.0 Å². The summed E-state index contributed by atoms with van der Waals surface area (Å²) in [7, 11) is 1.52. The molecule has 2 rings (SSSR count). The Balaban J connectivity index is 1.96. The van der Waals surface area contributed by atoms with Crippen LogP contribution in [0.2, 0.25) is 0 Å². The van der Waals surface area contributed by atoms with Crippen LogP contribution in [-0.4, -0.2) is 25.6 Å². The van der Waals surface area contributed by atoms with E-state index in [1.54, 1.807) is 36.4 Å². The highest BCUT2D eigenvalue weighted by molar-refractivity contribution is 9.10. The summed E-state index contributed by atoms with van der Waals surface area (Å²) in [6, 6.07) is 12.5. The molecule has 0 saturated carbocycles. The summed E-state index contributed by atoms with van der Waals surface area (Å²) in [5.41, 5.74) is 0.266. The number of ether oxygens (including phenoxy) is 2. The van der Waals surface area contributed by atoms with Crippen LogP contribution in [0.15, 0.2) is 52.5 Å². The number of carbonyl (C=O) groups excluding carboxylic acids is 2. The predicted octanol–water partition coefficient (Wildman–Crippen LogP) is 3.69. The summed E-state index contributed by atoms with van der Waals surface area (Å²) < 4.78 is 24.0. The van der Waals surface area contributed by atoms with Crippen LogP contribution in [-0.2, 0) is 14.3 Å². The second kappa shape index (κ2) is 9.50. The SMILES string of the molecule is COc1ccc(/C=C(\C#N)C(=O)OCC(=O)Nc2ccc(Br)cc2F)cc1. The summed E-state index contributed by atoms with van der Waals surface area (Å²) in [5, 5.41) is 11.4. The second-order valence-corrected chi connectivity index (χ2v) is 6.11. The number of anilines is 1. The molecule has 8 heteroatoms. The van der Waals surface area contributed by atoms with Crippen molar-refractivity contribution in [3.8, 4) is 11.8 Å². The fraction of sp³-hybridized carbons (Fsp3) is 0.105. The first-order valence-corrected chi connectivity index (χ1v) is 8.40. The van der Waals surface area contributed by atoms with Crippen molar-refractivity contribution in [1.82, 2.24) is 0 Å². The van der Waals surface area contributed by atoms with Gasteiger partial charge in [-0.2, -0.15) is 5.26 Å². The molecule has 0 bridgehead atoms. The number of benzene rings is 2. The van der Waals surface area contributed by atoms with E-state index in [0.717, 1.165) is 0 Å². The second-order valence-electron chi connectivity index (χ2n) is 5.19. The summed E-state index contributed by atoms with van der Waals surface area (Å²) in [5.74, 6) is -1.70. The van der Waals surface area contributed by atoms with E-state index < -0.39 is 24.3 Å². The predicted molar refractivity (Wildman–Crippen MR) is 100 cm³/mol. The molecule has 6 nitrogen and oxygen atoms in total. The number of nitrogens with one attached hydrogen (secondary N) is 1. The van der Waals surface area contributed by atoms with Gasteiger partial charge in [-0.25, -0.2) is 9.18 Å². The Morgan fingerprint density at radius 1 is 1.26 bits per heavy atom. The molecular weight excluding hydrogens is 419 g/mol. The highest BCUT2D eigenvalue weighted by atomic mass is 79.9. The van der Waals surface area contributed by atoms with E-state index in [4.69, 9.17) is 14.7 Å². The number of amides is 1. The molecule has 27 heavy (non-hydrogen) atoms. The lowest BCUT2D eigenvalue weighted by Crippen LogP contribution is -2.21. The minimum Gasteiger partial charge on any atom is -0.497 e. The number of halogens is 2. The third-order valence-electron chi connectivity index (χ3n) is 3.31. The molecule has 0 unspecified atom stereocenters. The molecule has 0 aliphatic rings. The lowest BCUT2D eigenvalue weighted by Gasteiger charge is -2.07. The first-order chi connectivity index (χ1) is 12.9. The molecule has 0 atom stereocenters. The van der Waals surface area contributed by atoms with Gasteiger partial charge < -0.3 is 14.8 Å². The molecule has 0 heterocycles. The van der Waals surface area contributed by atoms with Gasteiger partial charge >= 0.3 is 5.97 Å². The van der Waals surface area contributed by atoms with Crippen LogP contribution in [0.4, 0.5) is 10.1 Å². The molecule has 2 aromatic carbocycles. The fourth-order valence-corrected chi connectivity index (χ4v) is 2.32. The van der Waals surface area contributed by atoms with Gasteiger partial charge in [0, 0.05) is 4.47 Å². The Kier molecular flexibility index (Phi) is 7.08. The molecule has 0 fully saturated rings. The van der Waals surface area contributed by atoms with Crippen LogP contribution in [0.1, 0.15) is 5.56 Å². The van der Waals surface area contributed by atoms with Crippen molar-refractivity contribution >= 4 is 39.6 Å². The smallest absolute Gasteiger partial charge is 0.349 e. The number of rotatable bonds is 6. The largest absolute Gasteiger partial charge is 0.497 e. The molecule has 0 saturated heterocycles. The van der Waals surface area contributed by atoms with Gasteiger partial charge in [0.15, 0.2) is 6.61 Å². The normalized spacial score (nSPS) is 10.7. The van der Waals surface area contributed by atoms with Crippen molar-refractivity contribution in [1.29, 1.82) is 5.26 Å². The molecule has 0 aliphatic carbocycles. The van der Waals surface area contributed by atoms with Crippen LogP contribution in [0.5, 0.6) is 5.75 Å². The first-order valence-electron chi connectivity index (χ1n) is 7.61. The number of nitrogens with zero attached hydrogens (tertiary/aromatic N) is 1. The maximum Gasteiger partial charge on any atom is 0.349 e. The number of methoxy groups -OCH3 is 1. The molecule has 138 valence electrons. The molecule has 2 aromatic rings. The Morgan fingerprint density at radius 3 is 2.56 bits per heavy atom. The van der Waals surface area contributed by atoms with Crippen LogP contribution in [0.3, 0.4) is 0 Å². The Labute approximate surface area is 163 Å². The third-order valence-corrected chi connectivity index (χ3v) is 3.80. The molecule has 1 amide bonds. The van der Waals surface area contributed by atoms with Crippen molar-refractivity contribution < 1.29 is 23.5 Å². The first kappa shape index (κ1) is 20.1. The molecular formula is C19H14BrFN2O4. The van der Waals surface area contributed by atoms with Crippen LogP contribution in [0, 0.1) is 17.1 Å². The maximum absolute atomic E-state index is 13.7. The van der Waals surface area contributed by atoms with Crippen molar-refractivity contribution in [2.45, 2.75) is 0 Å². The van der Waals surface area contributed by atoms with Gasteiger partial charge in [0.05, 0.1) is 12.8 Å². The van der Waals surface area contributed by atoms with Gasteiger partial charge in [0.25, 0.3) is 5.91 Å². The Bertz CT molecular complexity index is 920. The summed E-state index contributed by atoms with van der Waals surface area (Å²) in [6.07, 6.45) is 1.33. The number of esters is 1. The molecule has 1 N–H and O–H groups in total. The van der Waals surface area contributed by atoms with E-state index in [1.807, 2.05) is 0 Å². The Hall–Kier alpha value is -3.18.